The Morgan fingerprint density at radius 3 is 2.37 bits per heavy atom. The number of piperidine rings is 1. The first-order chi connectivity index (χ1) is 8.87. The molecule has 0 bridgehead atoms. The first-order valence-electron chi connectivity index (χ1n) is 5.62. The fraction of sp³-hybridized carbons (Fsp3) is 0.364. The van der Waals surface area contributed by atoms with E-state index in [1.807, 2.05) is 0 Å². The van der Waals surface area contributed by atoms with E-state index in [0.29, 0.717) is 12.5 Å². The van der Waals surface area contributed by atoms with Crippen LogP contribution < -0.4 is 10.0 Å². The summed E-state index contributed by atoms with van der Waals surface area (Å²) in [5.74, 6) is -2.07. The van der Waals surface area contributed by atoms with Gasteiger partial charge in [0.15, 0.2) is 0 Å². The van der Waals surface area contributed by atoms with Crippen molar-refractivity contribution in [2.45, 2.75) is 23.8 Å². The van der Waals surface area contributed by atoms with Crippen molar-refractivity contribution in [3.8, 4) is 0 Å². The van der Waals surface area contributed by atoms with Crippen molar-refractivity contribution in [1.82, 2.24) is 10.0 Å². The van der Waals surface area contributed by atoms with Gasteiger partial charge in [-0.05, 0) is 18.6 Å². The Morgan fingerprint density at radius 2 is 1.84 bits per heavy atom. The molecule has 1 saturated heterocycles. The molecule has 1 atom stereocenters. The van der Waals surface area contributed by atoms with Crippen LogP contribution in [0.3, 0.4) is 0 Å². The lowest BCUT2D eigenvalue weighted by atomic mass is 10.1. The Bertz CT molecular complexity index is 574. The minimum atomic E-state index is -4.00. The number of carbonyl (C=O) groups excluding carboxylic acids is 1. The summed E-state index contributed by atoms with van der Waals surface area (Å²) in [5, 5.41) is 2.51. The molecule has 1 aromatic rings. The molecular formula is C11H12F2N2O3S. The first-order valence-corrected chi connectivity index (χ1v) is 7.10. The van der Waals surface area contributed by atoms with Crippen molar-refractivity contribution in [3.63, 3.8) is 0 Å². The Hall–Kier alpha value is -1.54. The molecule has 1 aliphatic rings. The predicted octanol–water partition coefficient (Wildman–Crippen LogP) is 0.522. The predicted molar refractivity (Wildman–Crippen MR) is 62.7 cm³/mol. The van der Waals surface area contributed by atoms with Gasteiger partial charge < -0.3 is 5.32 Å². The molecule has 1 unspecified atom stereocenters. The highest BCUT2D eigenvalue weighted by atomic mass is 32.2. The van der Waals surface area contributed by atoms with Gasteiger partial charge in [0.1, 0.15) is 11.6 Å². The highest BCUT2D eigenvalue weighted by Crippen LogP contribution is 2.15. The van der Waals surface area contributed by atoms with E-state index in [2.05, 4.69) is 10.0 Å². The third kappa shape index (κ3) is 3.48. The Morgan fingerprint density at radius 1 is 1.21 bits per heavy atom. The van der Waals surface area contributed by atoms with Crippen LogP contribution in [0.15, 0.2) is 23.1 Å². The second-order valence-corrected chi connectivity index (χ2v) is 5.98. The van der Waals surface area contributed by atoms with Crippen molar-refractivity contribution < 1.29 is 22.0 Å². The third-order valence-corrected chi connectivity index (χ3v) is 4.23. The molecule has 1 amide bonds. The maximum Gasteiger partial charge on any atom is 0.241 e. The number of sulfonamides is 1. The van der Waals surface area contributed by atoms with Crippen LogP contribution in [0, 0.1) is 11.6 Å². The lowest BCUT2D eigenvalue weighted by molar-refractivity contribution is -0.122. The molecule has 1 fully saturated rings. The normalized spacial score (nSPS) is 20.1. The summed E-state index contributed by atoms with van der Waals surface area (Å²) in [4.78, 5) is 10.5. The molecule has 0 aromatic heterocycles. The summed E-state index contributed by atoms with van der Waals surface area (Å²) in [6.07, 6.45) is 0.563. The summed E-state index contributed by atoms with van der Waals surface area (Å²) in [6, 6.07) is 1.61. The zero-order valence-electron chi connectivity index (χ0n) is 9.82. The van der Waals surface area contributed by atoms with Gasteiger partial charge in [-0.15, -0.1) is 0 Å². The molecule has 1 aromatic carbocycles. The summed E-state index contributed by atoms with van der Waals surface area (Å²) in [6.45, 7) is 0.163. The topological polar surface area (TPSA) is 75.3 Å². The van der Waals surface area contributed by atoms with Gasteiger partial charge in [0.05, 0.1) is 4.90 Å². The lowest BCUT2D eigenvalue weighted by Crippen LogP contribution is -2.47. The molecule has 5 nitrogen and oxygen atoms in total. The van der Waals surface area contributed by atoms with E-state index in [0.717, 1.165) is 12.1 Å². The van der Waals surface area contributed by atoms with Gasteiger partial charge in [-0.1, -0.05) is 0 Å². The number of rotatable bonds is 3. The van der Waals surface area contributed by atoms with Gasteiger partial charge >= 0.3 is 0 Å². The summed E-state index contributed by atoms with van der Waals surface area (Å²) >= 11 is 0. The fourth-order valence-electron chi connectivity index (χ4n) is 1.80. The van der Waals surface area contributed by atoms with Crippen LogP contribution in [0.25, 0.3) is 0 Å². The van der Waals surface area contributed by atoms with Gasteiger partial charge in [-0.25, -0.2) is 21.9 Å². The number of amides is 1. The zero-order valence-corrected chi connectivity index (χ0v) is 10.6. The van der Waals surface area contributed by atoms with E-state index in [-0.39, 0.29) is 18.9 Å². The Kier molecular flexibility index (Phi) is 3.81. The molecule has 2 rings (SSSR count). The van der Waals surface area contributed by atoms with Crippen LogP contribution in [0.4, 0.5) is 8.78 Å². The fourth-order valence-corrected chi connectivity index (χ4v) is 3.12. The SMILES string of the molecule is O=C1CCC(NS(=O)(=O)c2cc(F)cc(F)c2)CN1. The number of nitrogens with one attached hydrogen (secondary N) is 2. The Balaban J connectivity index is 2.16. The number of hydrogen-bond donors (Lipinski definition) is 2. The molecule has 2 N–H and O–H groups in total. The van der Waals surface area contributed by atoms with Gasteiger partial charge in [0, 0.05) is 25.1 Å². The molecule has 19 heavy (non-hydrogen) atoms. The zero-order chi connectivity index (χ0) is 14.0. The quantitative estimate of drug-likeness (QED) is 0.852. The summed E-state index contributed by atoms with van der Waals surface area (Å²) < 4.78 is 52.2. The van der Waals surface area contributed by atoms with Crippen LogP contribution in [-0.4, -0.2) is 26.9 Å². The maximum absolute atomic E-state index is 13.0. The number of hydrogen-bond acceptors (Lipinski definition) is 3. The van der Waals surface area contributed by atoms with E-state index in [1.165, 1.54) is 0 Å². The van der Waals surface area contributed by atoms with Crippen LogP contribution in [-0.2, 0) is 14.8 Å². The molecule has 1 heterocycles. The summed E-state index contributed by atoms with van der Waals surface area (Å²) in [5.41, 5.74) is 0. The Labute approximate surface area is 109 Å². The molecule has 104 valence electrons. The average Bonchev–Trinajstić information content (AvgIpc) is 2.31. The number of halogens is 2. The second kappa shape index (κ2) is 5.22. The first kappa shape index (κ1) is 13.9. The minimum Gasteiger partial charge on any atom is -0.355 e. The van der Waals surface area contributed by atoms with Crippen molar-refractivity contribution in [2.75, 3.05) is 6.54 Å². The van der Waals surface area contributed by atoms with Crippen LogP contribution >= 0.6 is 0 Å². The van der Waals surface area contributed by atoms with Gasteiger partial charge in [0.25, 0.3) is 0 Å². The average molecular weight is 290 g/mol. The molecule has 0 spiro atoms. The molecular weight excluding hydrogens is 278 g/mol. The smallest absolute Gasteiger partial charge is 0.241 e. The summed E-state index contributed by atoms with van der Waals surface area (Å²) in [7, 11) is -4.00. The van der Waals surface area contributed by atoms with Gasteiger partial charge in [-0.3, -0.25) is 4.79 Å². The van der Waals surface area contributed by atoms with E-state index >= 15 is 0 Å². The lowest BCUT2D eigenvalue weighted by Gasteiger charge is -2.23. The molecule has 0 aliphatic carbocycles. The van der Waals surface area contributed by atoms with Crippen molar-refractivity contribution in [1.29, 1.82) is 0 Å². The molecule has 0 radical (unpaired) electrons. The monoisotopic (exact) mass is 290 g/mol. The van der Waals surface area contributed by atoms with E-state index in [1.54, 1.807) is 0 Å². The van der Waals surface area contributed by atoms with Crippen LogP contribution in [0.2, 0.25) is 0 Å². The van der Waals surface area contributed by atoms with E-state index in [4.69, 9.17) is 0 Å². The van der Waals surface area contributed by atoms with Gasteiger partial charge in [0.2, 0.25) is 15.9 Å². The van der Waals surface area contributed by atoms with Crippen LogP contribution in [0.5, 0.6) is 0 Å². The highest BCUT2D eigenvalue weighted by Gasteiger charge is 2.24. The van der Waals surface area contributed by atoms with Crippen molar-refractivity contribution in [2.24, 2.45) is 0 Å². The molecule has 0 saturated carbocycles. The molecule has 1 aliphatic heterocycles. The standard InChI is InChI=1S/C11H12F2N2O3S/c12-7-3-8(13)5-10(4-7)19(17,18)15-9-1-2-11(16)14-6-9/h3-5,9,15H,1-2,6H2,(H,14,16). The third-order valence-electron chi connectivity index (χ3n) is 2.73. The van der Waals surface area contributed by atoms with Crippen LogP contribution in [0.1, 0.15) is 12.8 Å². The minimum absolute atomic E-state index is 0.146. The van der Waals surface area contributed by atoms with Crippen molar-refractivity contribution in [3.05, 3.63) is 29.8 Å². The second-order valence-electron chi connectivity index (χ2n) is 4.27. The van der Waals surface area contributed by atoms with Gasteiger partial charge in [-0.2, -0.15) is 0 Å². The maximum atomic E-state index is 13.0. The highest BCUT2D eigenvalue weighted by molar-refractivity contribution is 7.89. The number of benzene rings is 1. The van der Waals surface area contributed by atoms with E-state index in [9.17, 15) is 22.0 Å². The molecule has 8 heteroatoms. The van der Waals surface area contributed by atoms with Crippen molar-refractivity contribution >= 4 is 15.9 Å². The van der Waals surface area contributed by atoms with E-state index < -0.39 is 32.6 Å². The largest absolute Gasteiger partial charge is 0.355 e. The number of carbonyl (C=O) groups is 1.